The predicted octanol–water partition coefficient (Wildman–Crippen LogP) is 1.79. The molecule has 3 aliphatic heterocycles. The van der Waals surface area contributed by atoms with Crippen LogP contribution >= 0.6 is 0 Å². The zero-order chi connectivity index (χ0) is 16.0. The lowest BCUT2D eigenvalue weighted by atomic mass is 10.0. The minimum Gasteiger partial charge on any atom is -0.356 e. The molecule has 0 aliphatic carbocycles. The SMILES string of the molecule is Cc1cccc(N2CCC(N3C(=O)C4CCCN4C3=O)CC2)n1. The van der Waals surface area contributed by atoms with E-state index in [9.17, 15) is 9.59 Å². The zero-order valence-electron chi connectivity index (χ0n) is 13.4. The fourth-order valence-corrected chi connectivity index (χ4v) is 4.04. The molecule has 122 valence electrons. The third-order valence-electron chi connectivity index (χ3n) is 5.25. The molecule has 1 atom stereocenters. The van der Waals surface area contributed by atoms with E-state index in [1.165, 1.54) is 0 Å². The highest BCUT2D eigenvalue weighted by Crippen LogP contribution is 2.32. The molecule has 3 fully saturated rings. The van der Waals surface area contributed by atoms with Crippen molar-refractivity contribution in [1.82, 2.24) is 14.8 Å². The number of pyridine rings is 1. The Balaban J connectivity index is 1.44. The first-order valence-electron chi connectivity index (χ1n) is 8.47. The van der Waals surface area contributed by atoms with Crippen molar-refractivity contribution in [3.8, 4) is 0 Å². The van der Waals surface area contributed by atoms with Crippen LogP contribution in [0, 0.1) is 6.92 Å². The molecule has 4 heterocycles. The van der Waals surface area contributed by atoms with E-state index in [2.05, 4.69) is 9.88 Å². The zero-order valence-corrected chi connectivity index (χ0v) is 13.4. The van der Waals surface area contributed by atoms with Crippen LogP contribution in [0.1, 0.15) is 31.4 Å². The van der Waals surface area contributed by atoms with Crippen LogP contribution in [0.2, 0.25) is 0 Å². The van der Waals surface area contributed by atoms with E-state index in [-0.39, 0.29) is 24.0 Å². The molecular weight excluding hydrogens is 292 g/mol. The number of anilines is 1. The maximum absolute atomic E-state index is 12.5. The quantitative estimate of drug-likeness (QED) is 0.781. The number of nitrogens with zero attached hydrogens (tertiary/aromatic N) is 4. The van der Waals surface area contributed by atoms with E-state index in [4.69, 9.17) is 0 Å². The molecule has 1 aromatic rings. The number of carbonyl (C=O) groups is 2. The summed E-state index contributed by atoms with van der Waals surface area (Å²) in [5, 5.41) is 0. The molecule has 6 nitrogen and oxygen atoms in total. The number of aromatic nitrogens is 1. The predicted molar refractivity (Wildman–Crippen MR) is 86.2 cm³/mol. The van der Waals surface area contributed by atoms with Crippen molar-refractivity contribution in [2.45, 2.75) is 44.7 Å². The van der Waals surface area contributed by atoms with Crippen molar-refractivity contribution in [2.24, 2.45) is 0 Å². The average Bonchev–Trinajstić information content (AvgIpc) is 3.12. The van der Waals surface area contributed by atoms with Crippen molar-refractivity contribution in [3.63, 3.8) is 0 Å². The number of hydrogen-bond donors (Lipinski definition) is 0. The summed E-state index contributed by atoms with van der Waals surface area (Å²) in [6.07, 6.45) is 3.43. The van der Waals surface area contributed by atoms with Gasteiger partial charge in [0.05, 0.1) is 0 Å². The third-order valence-corrected chi connectivity index (χ3v) is 5.25. The summed E-state index contributed by atoms with van der Waals surface area (Å²) in [6, 6.07) is 5.83. The highest BCUT2D eigenvalue weighted by molar-refractivity contribution is 6.04. The van der Waals surface area contributed by atoms with Crippen LogP contribution in [-0.4, -0.2) is 58.4 Å². The van der Waals surface area contributed by atoms with Crippen molar-refractivity contribution < 1.29 is 9.59 Å². The Morgan fingerprint density at radius 2 is 1.87 bits per heavy atom. The van der Waals surface area contributed by atoms with Crippen LogP contribution in [0.25, 0.3) is 0 Å². The number of amides is 3. The van der Waals surface area contributed by atoms with Gasteiger partial charge in [-0.05, 0) is 44.7 Å². The molecular formula is C17H22N4O2. The number of rotatable bonds is 2. The molecule has 1 aromatic heterocycles. The topological polar surface area (TPSA) is 56.8 Å². The van der Waals surface area contributed by atoms with Crippen LogP contribution in [0.5, 0.6) is 0 Å². The molecule has 0 N–H and O–H groups in total. The van der Waals surface area contributed by atoms with Gasteiger partial charge in [-0.1, -0.05) is 6.07 Å². The second-order valence-corrected chi connectivity index (χ2v) is 6.70. The fraction of sp³-hybridized carbons (Fsp3) is 0.588. The lowest BCUT2D eigenvalue weighted by Gasteiger charge is -2.36. The molecule has 0 saturated carbocycles. The minimum atomic E-state index is -0.182. The van der Waals surface area contributed by atoms with Crippen molar-refractivity contribution in [1.29, 1.82) is 0 Å². The van der Waals surface area contributed by atoms with Gasteiger partial charge in [-0.2, -0.15) is 0 Å². The number of imide groups is 1. The van der Waals surface area contributed by atoms with Crippen LogP contribution < -0.4 is 4.90 Å². The summed E-state index contributed by atoms with van der Waals surface area (Å²) in [7, 11) is 0. The number of urea groups is 1. The monoisotopic (exact) mass is 314 g/mol. The summed E-state index contributed by atoms with van der Waals surface area (Å²) in [5.41, 5.74) is 1.01. The average molecular weight is 314 g/mol. The lowest BCUT2D eigenvalue weighted by molar-refractivity contribution is -0.129. The van der Waals surface area contributed by atoms with Gasteiger partial charge in [0.1, 0.15) is 11.9 Å². The largest absolute Gasteiger partial charge is 0.356 e. The van der Waals surface area contributed by atoms with Gasteiger partial charge in [0.15, 0.2) is 0 Å². The van der Waals surface area contributed by atoms with Gasteiger partial charge in [-0.15, -0.1) is 0 Å². The Morgan fingerprint density at radius 3 is 2.57 bits per heavy atom. The van der Waals surface area contributed by atoms with Gasteiger partial charge >= 0.3 is 6.03 Å². The molecule has 3 aliphatic rings. The van der Waals surface area contributed by atoms with Crippen LogP contribution in [-0.2, 0) is 4.79 Å². The van der Waals surface area contributed by atoms with E-state index in [0.717, 1.165) is 56.8 Å². The van der Waals surface area contributed by atoms with E-state index < -0.39 is 0 Å². The van der Waals surface area contributed by atoms with E-state index in [0.29, 0.717) is 0 Å². The highest BCUT2D eigenvalue weighted by Gasteiger charge is 2.50. The fourth-order valence-electron chi connectivity index (χ4n) is 4.04. The highest BCUT2D eigenvalue weighted by atomic mass is 16.2. The Bertz CT molecular complexity index is 617. The van der Waals surface area contributed by atoms with Gasteiger partial charge in [-0.25, -0.2) is 9.78 Å². The minimum absolute atomic E-state index is 0.0274. The summed E-state index contributed by atoms with van der Waals surface area (Å²) in [5.74, 6) is 1.02. The van der Waals surface area contributed by atoms with Gasteiger partial charge in [0.25, 0.3) is 5.91 Å². The van der Waals surface area contributed by atoms with E-state index in [1.807, 2.05) is 25.1 Å². The van der Waals surface area contributed by atoms with E-state index >= 15 is 0 Å². The maximum Gasteiger partial charge on any atom is 0.327 e. The molecule has 6 heteroatoms. The van der Waals surface area contributed by atoms with Gasteiger partial charge < -0.3 is 9.80 Å². The number of hydrogen-bond acceptors (Lipinski definition) is 4. The Morgan fingerprint density at radius 1 is 1.09 bits per heavy atom. The standard InChI is InChI=1S/C17H22N4O2/c1-12-4-2-6-15(18-12)19-10-7-13(8-11-19)21-16(22)14-5-3-9-20(14)17(21)23/h2,4,6,13-14H,3,5,7-11H2,1H3. The first-order chi connectivity index (χ1) is 11.1. The maximum atomic E-state index is 12.5. The van der Waals surface area contributed by atoms with Crippen molar-refractivity contribution >= 4 is 17.8 Å². The second kappa shape index (κ2) is 5.51. The normalized spacial score (nSPS) is 25.4. The van der Waals surface area contributed by atoms with Crippen molar-refractivity contribution in [2.75, 3.05) is 24.5 Å². The summed E-state index contributed by atoms with van der Waals surface area (Å²) in [6.45, 7) is 4.40. The van der Waals surface area contributed by atoms with E-state index in [1.54, 1.807) is 9.80 Å². The number of fused-ring (bicyclic) bond motifs is 1. The molecule has 0 radical (unpaired) electrons. The second-order valence-electron chi connectivity index (χ2n) is 6.70. The first kappa shape index (κ1) is 14.5. The molecule has 0 aromatic carbocycles. The first-order valence-corrected chi connectivity index (χ1v) is 8.47. The van der Waals surface area contributed by atoms with Crippen LogP contribution in [0.4, 0.5) is 10.6 Å². The summed E-state index contributed by atoms with van der Waals surface area (Å²) < 4.78 is 0. The Hall–Kier alpha value is -2.11. The van der Waals surface area contributed by atoms with Gasteiger partial charge in [-0.3, -0.25) is 9.69 Å². The number of aryl methyl sites for hydroxylation is 1. The molecule has 0 spiro atoms. The number of piperidine rings is 1. The Kier molecular flexibility index (Phi) is 3.47. The number of carbonyl (C=O) groups excluding carboxylic acids is 2. The van der Waals surface area contributed by atoms with Gasteiger partial charge in [0, 0.05) is 31.4 Å². The Labute approximate surface area is 136 Å². The van der Waals surface area contributed by atoms with Crippen LogP contribution in [0.15, 0.2) is 18.2 Å². The molecule has 4 rings (SSSR count). The third kappa shape index (κ3) is 2.36. The molecule has 3 amide bonds. The smallest absolute Gasteiger partial charge is 0.327 e. The van der Waals surface area contributed by atoms with Crippen LogP contribution in [0.3, 0.4) is 0 Å². The van der Waals surface area contributed by atoms with Crippen molar-refractivity contribution in [3.05, 3.63) is 23.9 Å². The summed E-state index contributed by atoms with van der Waals surface area (Å²) >= 11 is 0. The molecule has 3 saturated heterocycles. The lowest BCUT2D eigenvalue weighted by Crippen LogP contribution is -2.48. The summed E-state index contributed by atoms with van der Waals surface area (Å²) in [4.78, 5) is 35.1. The molecule has 23 heavy (non-hydrogen) atoms. The molecule has 0 bridgehead atoms. The molecule has 1 unspecified atom stereocenters. The van der Waals surface area contributed by atoms with Gasteiger partial charge in [0.2, 0.25) is 0 Å².